The van der Waals surface area contributed by atoms with Crippen LogP contribution >= 0.6 is 23.2 Å². The van der Waals surface area contributed by atoms with Crippen LogP contribution in [-0.4, -0.2) is 19.9 Å². The van der Waals surface area contributed by atoms with Crippen LogP contribution in [0.15, 0.2) is 82.4 Å². The molecule has 0 saturated carbocycles. The van der Waals surface area contributed by atoms with Gasteiger partial charge < -0.3 is 9.97 Å². The lowest BCUT2D eigenvalue weighted by atomic mass is 10.1. The summed E-state index contributed by atoms with van der Waals surface area (Å²) < 4.78 is 0. The average Bonchev–Trinajstić information content (AvgIpc) is 2.84. The Kier molecular flexibility index (Phi) is 5.84. The molecule has 0 aliphatic carbocycles. The molecule has 5 rings (SSSR count). The lowest BCUT2D eigenvalue weighted by Gasteiger charge is -2.04. The quantitative estimate of drug-likeness (QED) is 0.344. The highest BCUT2D eigenvalue weighted by Gasteiger charge is 2.08. The van der Waals surface area contributed by atoms with Gasteiger partial charge in [0.2, 0.25) is 0 Å². The van der Waals surface area contributed by atoms with Crippen molar-refractivity contribution in [3.8, 4) is 0 Å². The maximum atomic E-state index is 12.3. The molecule has 2 aromatic heterocycles. The summed E-state index contributed by atoms with van der Waals surface area (Å²) >= 11 is 13.0. The fourth-order valence-corrected chi connectivity index (χ4v) is 4.00. The molecule has 0 spiro atoms. The van der Waals surface area contributed by atoms with Gasteiger partial charge in [0.05, 0.1) is 31.9 Å². The molecule has 0 unspecified atom stereocenters. The number of aromatic amines is 2. The summed E-state index contributed by atoms with van der Waals surface area (Å²) in [5.74, 6) is 0.560. The van der Waals surface area contributed by atoms with E-state index in [1.807, 2.05) is 36.4 Å². The number of hydrogen-bond donors (Lipinski definition) is 2. The molecule has 0 atom stereocenters. The Morgan fingerprint density at radius 1 is 0.647 bits per heavy atom. The predicted octanol–water partition coefficient (Wildman–Crippen LogP) is 5.63. The van der Waals surface area contributed by atoms with Gasteiger partial charge in [-0.2, -0.15) is 0 Å². The fourth-order valence-electron chi connectivity index (χ4n) is 3.57. The molecular weight excluding hydrogens is 471 g/mol. The SMILES string of the molecule is O=c1[nH]c(/C(Cl)=C\c2cccc(/C=C(/Cl)c3nc4ccccc4c(=O)[nH]3)c2)nc2ccccc12. The minimum atomic E-state index is -0.257. The third-order valence-corrected chi connectivity index (χ3v) is 5.75. The highest BCUT2D eigenvalue weighted by atomic mass is 35.5. The van der Waals surface area contributed by atoms with Gasteiger partial charge >= 0.3 is 0 Å². The molecular formula is C26H16Cl2N4O2. The summed E-state index contributed by atoms with van der Waals surface area (Å²) in [6, 6.07) is 21.6. The van der Waals surface area contributed by atoms with Crippen LogP contribution in [0.3, 0.4) is 0 Å². The fraction of sp³-hybridized carbons (Fsp3) is 0. The van der Waals surface area contributed by atoms with Crippen LogP contribution in [0.25, 0.3) is 44.0 Å². The zero-order chi connectivity index (χ0) is 23.7. The molecule has 0 amide bonds. The highest BCUT2D eigenvalue weighted by Crippen LogP contribution is 2.23. The highest BCUT2D eigenvalue weighted by molar-refractivity contribution is 6.51. The first-order valence-electron chi connectivity index (χ1n) is 10.3. The van der Waals surface area contributed by atoms with Crippen LogP contribution in [0.4, 0.5) is 0 Å². The second-order valence-electron chi connectivity index (χ2n) is 7.52. The maximum Gasteiger partial charge on any atom is 0.259 e. The van der Waals surface area contributed by atoms with Gasteiger partial charge in [-0.05, 0) is 53.6 Å². The average molecular weight is 487 g/mol. The van der Waals surface area contributed by atoms with E-state index in [0.29, 0.717) is 21.8 Å². The minimum Gasteiger partial charge on any atom is -0.305 e. The largest absolute Gasteiger partial charge is 0.305 e. The number of halogens is 2. The van der Waals surface area contributed by atoms with E-state index < -0.39 is 0 Å². The molecule has 2 N–H and O–H groups in total. The second kappa shape index (κ2) is 9.09. The van der Waals surface area contributed by atoms with Gasteiger partial charge in [-0.15, -0.1) is 0 Å². The number of hydrogen-bond acceptors (Lipinski definition) is 4. The smallest absolute Gasteiger partial charge is 0.259 e. The van der Waals surface area contributed by atoms with Crippen molar-refractivity contribution in [2.24, 2.45) is 0 Å². The summed E-state index contributed by atoms with van der Waals surface area (Å²) in [5, 5.41) is 1.57. The van der Waals surface area contributed by atoms with E-state index >= 15 is 0 Å². The van der Waals surface area contributed by atoms with Gasteiger partial charge in [0.15, 0.2) is 11.6 Å². The third-order valence-electron chi connectivity index (χ3n) is 5.18. The van der Waals surface area contributed by atoms with Crippen molar-refractivity contribution in [2.75, 3.05) is 0 Å². The van der Waals surface area contributed by atoms with Crippen molar-refractivity contribution in [3.05, 3.63) is 116 Å². The van der Waals surface area contributed by atoms with Gasteiger partial charge in [-0.1, -0.05) is 65.7 Å². The molecule has 8 heteroatoms. The molecule has 6 nitrogen and oxygen atoms in total. The lowest BCUT2D eigenvalue weighted by molar-refractivity contribution is 1.14. The van der Waals surface area contributed by atoms with Gasteiger partial charge in [0, 0.05) is 0 Å². The number of rotatable bonds is 4. The van der Waals surface area contributed by atoms with Gasteiger partial charge in [-0.25, -0.2) is 9.97 Å². The minimum absolute atomic E-state index is 0.257. The second-order valence-corrected chi connectivity index (χ2v) is 8.33. The van der Waals surface area contributed by atoms with Crippen LogP contribution in [0, 0.1) is 0 Å². The number of benzene rings is 3. The van der Waals surface area contributed by atoms with Crippen molar-refractivity contribution in [1.29, 1.82) is 0 Å². The Balaban J connectivity index is 1.48. The zero-order valence-electron chi connectivity index (χ0n) is 17.5. The summed E-state index contributed by atoms with van der Waals surface area (Å²) in [6.07, 6.45) is 3.41. The van der Waals surface area contributed by atoms with Crippen LogP contribution in [0.2, 0.25) is 0 Å². The van der Waals surface area contributed by atoms with E-state index in [2.05, 4.69) is 19.9 Å². The van der Waals surface area contributed by atoms with Crippen molar-refractivity contribution in [1.82, 2.24) is 19.9 Å². The summed E-state index contributed by atoms with van der Waals surface area (Å²) in [7, 11) is 0. The first kappa shape index (κ1) is 21.8. The van der Waals surface area contributed by atoms with Crippen LogP contribution in [-0.2, 0) is 0 Å². The Hall–Kier alpha value is -4.00. The number of fused-ring (bicyclic) bond motifs is 2. The van der Waals surface area contributed by atoms with Crippen LogP contribution in [0.5, 0.6) is 0 Å². The number of nitrogens with zero attached hydrogens (tertiary/aromatic N) is 2. The van der Waals surface area contributed by atoms with Crippen molar-refractivity contribution in [3.63, 3.8) is 0 Å². The summed E-state index contributed by atoms with van der Waals surface area (Å²) in [4.78, 5) is 39.0. The molecule has 0 aliphatic rings. The predicted molar refractivity (Wildman–Crippen MR) is 139 cm³/mol. The first-order chi connectivity index (χ1) is 16.5. The standard InChI is InChI=1S/C26H16Cl2N4O2/c27-19(23-29-21-10-3-1-8-17(21)25(33)31-23)13-15-6-5-7-16(12-15)14-20(28)24-30-22-11-4-2-9-18(22)26(34)32-24/h1-14H,(H,29,31,33)(H,30,32,34)/b19-13+,20-14+. The number of aromatic nitrogens is 4. The van der Waals surface area contributed by atoms with Gasteiger partial charge in [-0.3, -0.25) is 9.59 Å². The molecule has 3 aromatic carbocycles. The Morgan fingerprint density at radius 3 is 1.56 bits per heavy atom. The Morgan fingerprint density at radius 2 is 1.09 bits per heavy atom. The summed E-state index contributed by atoms with van der Waals surface area (Å²) in [5.41, 5.74) is 2.17. The molecule has 166 valence electrons. The topological polar surface area (TPSA) is 91.5 Å². The zero-order valence-corrected chi connectivity index (χ0v) is 19.1. The molecule has 0 bridgehead atoms. The van der Waals surface area contributed by atoms with Gasteiger partial charge in [0.25, 0.3) is 11.1 Å². The van der Waals surface area contributed by atoms with E-state index in [0.717, 1.165) is 11.1 Å². The Bertz CT molecular complexity index is 1610. The molecule has 34 heavy (non-hydrogen) atoms. The molecule has 0 fully saturated rings. The van der Waals surface area contributed by atoms with E-state index in [4.69, 9.17) is 23.2 Å². The number of H-pyrrole nitrogens is 2. The van der Waals surface area contributed by atoms with E-state index in [1.54, 1.807) is 48.6 Å². The van der Waals surface area contributed by atoms with E-state index in [1.165, 1.54) is 0 Å². The summed E-state index contributed by atoms with van der Waals surface area (Å²) in [6.45, 7) is 0. The van der Waals surface area contributed by atoms with Gasteiger partial charge in [0.1, 0.15) is 0 Å². The lowest BCUT2D eigenvalue weighted by Crippen LogP contribution is -2.10. The molecule has 2 heterocycles. The molecule has 0 radical (unpaired) electrons. The van der Waals surface area contributed by atoms with Crippen molar-refractivity contribution < 1.29 is 0 Å². The molecule has 0 aliphatic heterocycles. The number of nitrogens with one attached hydrogen (secondary N) is 2. The monoisotopic (exact) mass is 486 g/mol. The molecule has 5 aromatic rings. The maximum absolute atomic E-state index is 12.3. The molecule has 0 saturated heterocycles. The Labute approximate surface area is 203 Å². The van der Waals surface area contributed by atoms with E-state index in [-0.39, 0.29) is 32.8 Å². The van der Waals surface area contributed by atoms with Crippen molar-refractivity contribution in [2.45, 2.75) is 0 Å². The van der Waals surface area contributed by atoms with Crippen LogP contribution in [0.1, 0.15) is 22.8 Å². The van der Waals surface area contributed by atoms with E-state index in [9.17, 15) is 9.59 Å². The van der Waals surface area contributed by atoms with Crippen molar-refractivity contribution >= 4 is 67.2 Å². The normalized spacial score (nSPS) is 12.4. The third kappa shape index (κ3) is 4.41. The first-order valence-corrected chi connectivity index (χ1v) is 11.1. The number of para-hydroxylation sites is 2. The van der Waals surface area contributed by atoms with Crippen LogP contribution < -0.4 is 11.1 Å².